The van der Waals surface area contributed by atoms with Crippen LogP contribution in [0.1, 0.15) is 25.3 Å². The van der Waals surface area contributed by atoms with Gasteiger partial charge < -0.3 is 15.0 Å². The Labute approximate surface area is 121 Å². The van der Waals surface area contributed by atoms with Crippen LogP contribution in [0.2, 0.25) is 0 Å². The lowest BCUT2D eigenvalue weighted by atomic mass is 10.1. The number of hydrogen-bond acceptors (Lipinski definition) is 3. The predicted octanol–water partition coefficient (Wildman–Crippen LogP) is 2.30. The topological polar surface area (TPSA) is 41.6 Å². The Hall–Kier alpha value is -1.55. The molecular weight excluding hydrogens is 252 g/mol. The molecule has 2 rings (SSSR count). The van der Waals surface area contributed by atoms with Crippen molar-refractivity contribution < 1.29 is 9.53 Å². The minimum absolute atomic E-state index is 0.191. The summed E-state index contributed by atoms with van der Waals surface area (Å²) in [7, 11) is 1.70. The first-order valence-corrected chi connectivity index (χ1v) is 7.36. The van der Waals surface area contributed by atoms with Crippen molar-refractivity contribution in [2.24, 2.45) is 0 Å². The molecule has 1 fully saturated rings. The lowest BCUT2D eigenvalue weighted by molar-refractivity contribution is -0.129. The van der Waals surface area contributed by atoms with Gasteiger partial charge in [-0.2, -0.15) is 0 Å². The van der Waals surface area contributed by atoms with Crippen molar-refractivity contribution in [2.75, 3.05) is 32.1 Å². The number of carbonyl (C=O) groups is 1. The van der Waals surface area contributed by atoms with E-state index in [0.717, 1.165) is 31.5 Å². The molecule has 0 aliphatic heterocycles. The van der Waals surface area contributed by atoms with Crippen molar-refractivity contribution in [1.29, 1.82) is 0 Å². The largest absolute Gasteiger partial charge is 0.384 e. The van der Waals surface area contributed by atoms with Gasteiger partial charge in [-0.05, 0) is 37.8 Å². The molecule has 1 saturated carbocycles. The molecule has 1 aliphatic rings. The number of rotatable bonds is 8. The van der Waals surface area contributed by atoms with E-state index in [-0.39, 0.29) is 5.91 Å². The van der Waals surface area contributed by atoms with Crippen LogP contribution in [-0.2, 0) is 16.0 Å². The standard InChI is InChI=1S/C16H24N2O2/c1-3-18(14-8-9-14)16(19)12-17-15-7-5-4-6-13(15)10-11-20-2/h4-7,14,17H,3,8-12H2,1-2H3. The normalized spacial score (nSPS) is 14.1. The van der Waals surface area contributed by atoms with E-state index in [9.17, 15) is 4.79 Å². The molecule has 0 unspecified atom stereocenters. The van der Waals surface area contributed by atoms with Gasteiger partial charge in [0.15, 0.2) is 0 Å². The van der Waals surface area contributed by atoms with Crippen molar-refractivity contribution in [3.63, 3.8) is 0 Å². The van der Waals surface area contributed by atoms with Gasteiger partial charge >= 0.3 is 0 Å². The first kappa shape index (κ1) is 14.9. The third-order valence-electron chi connectivity index (χ3n) is 3.67. The van der Waals surface area contributed by atoms with Crippen LogP contribution >= 0.6 is 0 Å². The molecular formula is C16H24N2O2. The molecule has 0 heterocycles. The molecule has 0 saturated heterocycles. The maximum atomic E-state index is 12.2. The molecule has 1 amide bonds. The molecule has 1 aromatic rings. The highest BCUT2D eigenvalue weighted by molar-refractivity contribution is 5.81. The maximum Gasteiger partial charge on any atom is 0.242 e. The van der Waals surface area contributed by atoms with E-state index in [1.807, 2.05) is 30.0 Å². The summed E-state index contributed by atoms with van der Waals surface area (Å²) >= 11 is 0. The summed E-state index contributed by atoms with van der Waals surface area (Å²) in [5.41, 5.74) is 2.22. The van der Waals surface area contributed by atoms with Gasteiger partial charge in [0, 0.05) is 25.4 Å². The van der Waals surface area contributed by atoms with Crippen molar-refractivity contribution in [2.45, 2.75) is 32.2 Å². The lowest BCUT2D eigenvalue weighted by Crippen LogP contribution is -2.37. The third-order valence-corrected chi connectivity index (χ3v) is 3.67. The summed E-state index contributed by atoms with van der Waals surface area (Å²) in [5, 5.41) is 3.27. The Morgan fingerprint density at radius 3 is 2.80 bits per heavy atom. The van der Waals surface area contributed by atoms with E-state index < -0.39 is 0 Å². The van der Waals surface area contributed by atoms with Crippen molar-refractivity contribution in [3.05, 3.63) is 29.8 Å². The number of methoxy groups -OCH3 is 1. The molecule has 4 nitrogen and oxygen atoms in total. The second kappa shape index (κ2) is 7.29. The Balaban J connectivity index is 1.90. The van der Waals surface area contributed by atoms with Crippen LogP contribution in [0.4, 0.5) is 5.69 Å². The smallest absolute Gasteiger partial charge is 0.242 e. The third kappa shape index (κ3) is 3.97. The number of benzene rings is 1. The number of hydrogen-bond donors (Lipinski definition) is 1. The molecule has 1 aliphatic carbocycles. The van der Waals surface area contributed by atoms with E-state index in [0.29, 0.717) is 19.2 Å². The van der Waals surface area contributed by atoms with Crippen molar-refractivity contribution in [3.8, 4) is 0 Å². The number of nitrogens with one attached hydrogen (secondary N) is 1. The summed E-state index contributed by atoms with van der Waals surface area (Å²) in [4.78, 5) is 14.2. The van der Waals surface area contributed by atoms with Crippen LogP contribution < -0.4 is 5.32 Å². The minimum Gasteiger partial charge on any atom is -0.384 e. The fourth-order valence-electron chi connectivity index (χ4n) is 2.42. The van der Waals surface area contributed by atoms with Crippen LogP contribution in [0, 0.1) is 0 Å². The van der Waals surface area contributed by atoms with E-state index >= 15 is 0 Å². The Morgan fingerprint density at radius 2 is 2.15 bits per heavy atom. The fourth-order valence-corrected chi connectivity index (χ4v) is 2.42. The monoisotopic (exact) mass is 276 g/mol. The van der Waals surface area contributed by atoms with Crippen LogP contribution in [-0.4, -0.2) is 43.7 Å². The maximum absolute atomic E-state index is 12.2. The Kier molecular flexibility index (Phi) is 5.41. The number of amides is 1. The molecule has 4 heteroatoms. The number of anilines is 1. The molecule has 0 radical (unpaired) electrons. The molecule has 110 valence electrons. The highest BCUT2D eigenvalue weighted by Crippen LogP contribution is 2.26. The van der Waals surface area contributed by atoms with Crippen LogP contribution in [0.15, 0.2) is 24.3 Å². The van der Waals surface area contributed by atoms with Gasteiger partial charge in [0.2, 0.25) is 5.91 Å². The minimum atomic E-state index is 0.191. The predicted molar refractivity (Wildman–Crippen MR) is 80.9 cm³/mol. The molecule has 0 spiro atoms. The second-order valence-electron chi connectivity index (χ2n) is 5.16. The van der Waals surface area contributed by atoms with Gasteiger partial charge in [-0.25, -0.2) is 0 Å². The van der Waals surface area contributed by atoms with Gasteiger partial charge in [0.25, 0.3) is 0 Å². The van der Waals surface area contributed by atoms with Gasteiger partial charge in [0.1, 0.15) is 0 Å². The molecule has 0 atom stereocenters. The van der Waals surface area contributed by atoms with E-state index in [4.69, 9.17) is 4.74 Å². The summed E-state index contributed by atoms with van der Waals surface area (Å²) in [6.45, 7) is 3.91. The number of ether oxygens (including phenoxy) is 1. The molecule has 1 aromatic carbocycles. The zero-order valence-corrected chi connectivity index (χ0v) is 12.4. The van der Waals surface area contributed by atoms with E-state index in [1.54, 1.807) is 7.11 Å². The van der Waals surface area contributed by atoms with Crippen molar-refractivity contribution in [1.82, 2.24) is 4.90 Å². The number of para-hydroxylation sites is 1. The Bertz CT molecular complexity index is 444. The average Bonchev–Trinajstić information content (AvgIpc) is 3.29. The average molecular weight is 276 g/mol. The van der Waals surface area contributed by atoms with E-state index in [1.165, 1.54) is 5.56 Å². The second-order valence-corrected chi connectivity index (χ2v) is 5.16. The summed E-state index contributed by atoms with van der Waals surface area (Å²) in [6.07, 6.45) is 3.17. The van der Waals surface area contributed by atoms with E-state index in [2.05, 4.69) is 11.4 Å². The number of nitrogens with zero attached hydrogens (tertiary/aromatic N) is 1. The highest BCUT2D eigenvalue weighted by atomic mass is 16.5. The summed E-state index contributed by atoms with van der Waals surface area (Å²) in [5.74, 6) is 0.191. The molecule has 1 N–H and O–H groups in total. The van der Waals surface area contributed by atoms with Crippen LogP contribution in [0.25, 0.3) is 0 Å². The van der Waals surface area contributed by atoms with Gasteiger partial charge in [-0.15, -0.1) is 0 Å². The highest BCUT2D eigenvalue weighted by Gasteiger charge is 2.30. The lowest BCUT2D eigenvalue weighted by Gasteiger charge is -2.21. The van der Waals surface area contributed by atoms with Gasteiger partial charge in [0.05, 0.1) is 13.2 Å². The first-order chi connectivity index (χ1) is 9.76. The quantitative estimate of drug-likeness (QED) is 0.792. The number of likely N-dealkylation sites (N-methyl/N-ethyl adjacent to an activating group) is 1. The summed E-state index contributed by atoms with van der Waals surface area (Å²) in [6, 6.07) is 8.58. The van der Waals surface area contributed by atoms with Gasteiger partial charge in [-0.3, -0.25) is 4.79 Å². The van der Waals surface area contributed by atoms with Crippen LogP contribution in [0.3, 0.4) is 0 Å². The SMILES string of the molecule is CCN(C(=O)CNc1ccccc1CCOC)C1CC1. The molecule has 0 aromatic heterocycles. The molecule has 0 bridgehead atoms. The van der Waals surface area contributed by atoms with Crippen molar-refractivity contribution >= 4 is 11.6 Å². The first-order valence-electron chi connectivity index (χ1n) is 7.36. The zero-order chi connectivity index (χ0) is 14.4. The number of carbonyl (C=O) groups excluding carboxylic acids is 1. The van der Waals surface area contributed by atoms with Crippen LogP contribution in [0.5, 0.6) is 0 Å². The molecule has 20 heavy (non-hydrogen) atoms. The Morgan fingerprint density at radius 1 is 1.40 bits per heavy atom. The fraction of sp³-hybridized carbons (Fsp3) is 0.562. The zero-order valence-electron chi connectivity index (χ0n) is 12.4. The summed E-state index contributed by atoms with van der Waals surface area (Å²) < 4.78 is 5.12. The van der Waals surface area contributed by atoms with Gasteiger partial charge in [-0.1, -0.05) is 18.2 Å².